The average molecular weight is 292 g/mol. The molecular formula is C16H28N4O. The number of ether oxygens (including phenoxy) is 1. The molecule has 0 radical (unpaired) electrons. The summed E-state index contributed by atoms with van der Waals surface area (Å²) >= 11 is 0. The zero-order chi connectivity index (χ0) is 15.3. The van der Waals surface area contributed by atoms with Crippen molar-refractivity contribution in [1.29, 1.82) is 0 Å². The zero-order valence-electron chi connectivity index (χ0n) is 13.7. The van der Waals surface area contributed by atoms with E-state index in [1.54, 1.807) is 0 Å². The molecule has 1 aromatic heterocycles. The van der Waals surface area contributed by atoms with Gasteiger partial charge in [-0.05, 0) is 51.7 Å². The van der Waals surface area contributed by atoms with Crippen molar-refractivity contribution in [2.45, 2.75) is 45.7 Å². The topological polar surface area (TPSA) is 50.3 Å². The third kappa shape index (κ3) is 5.59. The molecule has 1 aliphatic rings. The van der Waals surface area contributed by atoms with Crippen LogP contribution in [0.2, 0.25) is 0 Å². The Morgan fingerprint density at radius 3 is 2.71 bits per heavy atom. The van der Waals surface area contributed by atoms with Gasteiger partial charge in [0.05, 0.1) is 12.3 Å². The van der Waals surface area contributed by atoms with Gasteiger partial charge in [0.1, 0.15) is 0 Å². The van der Waals surface area contributed by atoms with Crippen LogP contribution in [-0.4, -0.2) is 42.5 Å². The molecule has 0 amide bonds. The summed E-state index contributed by atoms with van der Waals surface area (Å²) in [7, 11) is 2.08. The Balaban J connectivity index is 1.85. The molecule has 1 aliphatic heterocycles. The maximum Gasteiger partial charge on any atom is 0.150 e. The summed E-state index contributed by atoms with van der Waals surface area (Å²) in [5, 5.41) is 12.1. The molecule has 2 rings (SSSR count). The van der Waals surface area contributed by atoms with Gasteiger partial charge in [-0.1, -0.05) is 0 Å². The van der Waals surface area contributed by atoms with Crippen LogP contribution in [0.15, 0.2) is 12.1 Å². The van der Waals surface area contributed by atoms with E-state index in [9.17, 15) is 0 Å². The van der Waals surface area contributed by atoms with Gasteiger partial charge in [-0.15, -0.1) is 5.10 Å². The van der Waals surface area contributed by atoms with Crippen LogP contribution in [0.25, 0.3) is 0 Å². The van der Waals surface area contributed by atoms with Crippen molar-refractivity contribution < 1.29 is 4.74 Å². The first kappa shape index (κ1) is 16.2. The van der Waals surface area contributed by atoms with Crippen LogP contribution in [-0.2, 0) is 11.3 Å². The average Bonchev–Trinajstić information content (AvgIpc) is 2.46. The van der Waals surface area contributed by atoms with E-state index >= 15 is 0 Å². The quantitative estimate of drug-likeness (QED) is 0.902. The van der Waals surface area contributed by atoms with Crippen LogP contribution in [0.4, 0.5) is 5.82 Å². The fraction of sp³-hybridized carbons (Fsp3) is 0.750. The number of rotatable bonds is 5. The Hall–Kier alpha value is -1.20. The molecule has 118 valence electrons. The largest absolute Gasteiger partial charge is 0.381 e. The number of nitrogens with one attached hydrogen (secondary N) is 1. The van der Waals surface area contributed by atoms with E-state index < -0.39 is 0 Å². The molecule has 5 nitrogen and oxygen atoms in total. The lowest BCUT2D eigenvalue weighted by Gasteiger charge is -2.27. The molecule has 0 aliphatic carbocycles. The Kier molecular flexibility index (Phi) is 5.53. The van der Waals surface area contributed by atoms with Gasteiger partial charge in [0.25, 0.3) is 0 Å². The highest BCUT2D eigenvalue weighted by Crippen LogP contribution is 2.17. The van der Waals surface area contributed by atoms with Crippen molar-refractivity contribution in [1.82, 2.24) is 15.5 Å². The number of hydrogen-bond donors (Lipinski definition) is 1. The van der Waals surface area contributed by atoms with Crippen molar-refractivity contribution in [2.24, 2.45) is 5.92 Å². The van der Waals surface area contributed by atoms with Gasteiger partial charge in [-0.25, -0.2) is 0 Å². The molecule has 21 heavy (non-hydrogen) atoms. The summed E-state index contributed by atoms with van der Waals surface area (Å²) in [5.41, 5.74) is 1.07. The fourth-order valence-corrected chi connectivity index (χ4v) is 2.44. The summed E-state index contributed by atoms with van der Waals surface area (Å²) in [4.78, 5) is 2.17. The van der Waals surface area contributed by atoms with Crippen LogP contribution >= 0.6 is 0 Å². The van der Waals surface area contributed by atoms with Crippen molar-refractivity contribution in [3.63, 3.8) is 0 Å². The highest BCUT2D eigenvalue weighted by atomic mass is 16.5. The molecule has 1 saturated heterocycles. The number of anilines is 1. The molecule has 0 saturated carbocycles. The van der Waals surface area contributed by atoms with E-state index in [2.05, 4.69) is 60.4 Å². The van der Waals surface area contributed by atoms with Crippen LogP contribution < -0.4 is 10.2 Å². The van der Waals surface area contributed by atoms with Crippen LogP contribution in [0, 0.1) is 5.92 Å². The molecule has 1 unspecified atom stereocenters. The van der Waals surface area contributed by atoms with E-state index in [0.29, 0.717) is 5.92 Å². The van der Waals surface area contributed by atoms with Gasteiger partial charge in [0, 0.05) is 32.3 Å². The van der Waals surface area contributed by atoms with E-state index in [-0.39, 0.29) is 5.54 Å². The van der Waals surface area contributed by atoms with Crippen molar-refractivity contribution in [3.8, 4) is 0 Å². The minimum atomic E-state index is 0.0954. The lowest BCUT2D eigenvalue weighted by molar-refractivity contribution is 0.0576. The highest BCUT2D eigenvalue weighted by Gasteiger charge is 2.17. The molecule has 0 spiro atoms. The van der Waals surface area contributed by atoms with Gasteiger partial charge in [0.15, 0.2) is 5.82 Å². The zero-order valence-corrected chi connectivity index (χ0v) is 13.7. The number of nitrogens with zero attached hydrogens (tertiary/aromatic N) is 3. The number of hydrogen-bond acceptors (Lipinski definition) is 5. The molecule has 0 aromatic carbocycles. The Morgan fingerprint density at radius 1 is 1.33 bits per heavy atom. The molecule has 2 heterocycles. The van der Waals surface area contributed by atoms with Crippen molar-refractivity contribution in [2.75, 3.05) is 31.7 Å². The predicted molar refractivity (Wildman–Crippen MR) is 85.4 cm³/mol. The highest BCUT2D eigenvalue weighted by molar-refractivity contribution is 5.36. The standard InChI is InChI=1S/C16H28N4O/c1-16(2,3)17-10-14-7-8-15(19-18-14)20(4)11-13-6-5-9-21-12-13/h7-8,13,17H,5-6,9-12H2,1-4H3. The Labute approximate surface area is 128 Å². The minimum absolute atomic E-state index is 0.0954. The molecule has 5 heteroatoms. The molecule has 1 N–H and O–H groups in total. The Bertz CT molecular complexity index is 421. The van der Waals surface area contributed by atoms with Gasteiger partial charge < -0.3 is 15.0 Å². The molecule has 0 bridgehead atoms. The Morgan fingerprint density at radius 2 is 2.14 bits per heavy atom. The van der Waals surface area contributed by atoms with Gasteiger partial charge in [-0.2, -0.15) is 5.10 Å². The van der Waals surface area contributed by atoms with E-state index in [0.717, 1.165) is 37.8 Å². The summed E-state index contributed by atoms with van der Waals surface area (Å²) in [6.45, 7) is 9.95. The SMILES string of the molecule is CN(CC1CCCOC1)c1ccc(CNC(C)(C)C)nn1. The van der Waals surface area contributed by atoms with E-state index in [1.165, 1.54) is 12.8 Å². The van der Waals surface area contributed by atoms with Crippen LogP contribution in [0.5, 0.6) is 0 Å². The number of aromatic nitrogens is 2. The summed E-state index contributed by atoms with van der Waals surface area (Å²) < 4.78 is 5.53. The second kappa shape index (κ2) is 7.18. The fourth-order valence-electron chi connectivity index (χ4n) is 2.44. The third-order valence-electron chi connectivity index (χ3n) is 3.68. The third-order valence-corrected chi connectivity index (χ3v) is 3.68. The summed E-state index contributed by atoms with van der Waals surface area (Å²) in [6.07, 6.45) is 2.41. The smallest absolute Gasteiger partial charge is 0.150 e. The lowest BCUT2D eigenvalue weighted by atomic mass is 10.0. The van der Waals surface area contributed by atoms with Crippen molar-refractivity contribution in [3.05, 3.63) is 17.8 Å². The van der Waals surface area contributed by atoms with Crippen molar-refractivity contribution >= 4 is 5.82 Å². The lowest BCUT2D eigenvalue weighted by Crippen LogP contribution is -2.35. The van der Waals surface area contributed by atoms with Gasteiger partial charge >= 0.3 is 0 Å². The molecule has 1 aromatic rings. The minimum Gasteiger partial charge on any atom is -0.381 e. The maximum atomic E-state index is 5.53. The second-order valence-electron chi connectivity index (χ2n) is 6.95. The maximum absolute atomic E-state index is 5.53. The van der Waals surface area contributed by atoms with E-state index in [1.807, 2.05) is 0 Å². The van der Waals surface area contributed by atoms with Gasteiger partial charge in [-0.3, -0.25) is 0 Å². The summed E-state index contributed by atoms with van der Waals surface area (Å²) in [6, 6.07) is 4.10. The molecular weight excluding hydrogens is 264 g/mol. The monoisotopic (exact) mass is 292 g/mol. The van der Waals surface area contributed by atoms with Crippen LogP contribution in [0.3, 0.4) is 0 Å². The normalized spacial score (nSPS) is 19.5. The first-order valence-corrected chi connectivity index (χ1v) is 7.80. The summed E-state index contributed by atoms with van der Waals surface area (Å²) in [5.74, 6) is 1.54. The van der Waals surface area contributed by atoms with Crippen LogP contribution in [0.1, 0.15) is 39.3 Å². The van der Waals surface area contributed by atoms with Gasteiger partial charge in [0.2, 0.25) is 0 Å². The molecule has 1 fully saturated rings. The first-order valence-electron chi connectivity index (χ1n) is 7.80. The van der Waals surface area contributed by atoms with E-state index in [4.69, 9.17) is 4.74 Å². The first-order chi connectivity index (χ1) is 9.94. The second-order valence-corrected chi connectivity index (χ2v) is 6.95. The molecule has 1 atom stereocenters. The predicted octanol–water partition coefficient (Wildman–Crippen LogP) is 2.23.